The highest BCUT2D eigenvalue weighted by atomic mass is 35.5. The summed E-state index contributed by atoms with van der Waals surface area (Å²) in [6, 6.07) is 7.24. The van der Waals surface area contributed by atoms with Crippen molar-refractivity contribution < 1.29 is 19.5 Å². The largest absolute Gasteiger partial charge is 0.389 e. The van der Waals surface area contributed by atoms with E-state index in [0.717, 1.165) is 12.1 Å². The molecule has 0 bridgehead atoms. The van der Waals surface area contributed by atoms with Gasteiger partial charge in [-0.05, 0) is 64.2 Å². The SMILES string of the molecule is CC(C)(O)CNC(=O)c1[nH]cnc1C(=O)NC1CCC2(CC1)CCN(c1cccc(Cl)c1)C2=O. The summed E-state index contributed by atoms with van der Waals surface area (Å²) >= 11 is 6.10. The molecule has 1 aliphatic heterocycles. The molecule has 3 amide bonds. The number of amides is 3. The van der Waals surface area contributed by atoms with Gasteiger partial charge in [-0.3, -0.25) is 14.4 Å². The van der Waals surface area contributed by atoms with Crippen LogP contribution >= 0.6 is 11.6 Å². The van der Waals surface area contributed by atoms with Gasteiger partial charge in [0.1, 0.15) is 5.69 Å². The number of nitrogens with one attached hydrogen (secondary N) is 3. The molecule has 34 heavy (non-hydrogen) atoms. The van der Waals surface area contributed by atoms with E-state index in [9.17, 15) is 19.5 Å². The van der Waals surface area contributed by atoms with Gasteiger partial charge in [-0.25, -0.2) is 4.98 Å². The fourth-order valence-corrected chi connectivity index (χ4v) is 4.95. The monoisotopic (exact) mass is 487 g/mol. The predicted molar refractivity (Wildman–Crippen MR) is 128 cm³/mol. The lowest BCUT2D eigenvalue weighted by Crippen LogP contribution is -2.44. The lowest BCUT2D eigenvalue weighted by atomic mass is 9.71. The second kappa shape index (κ2) is 9.38. The van der Waals surface area contributed by atoms with E-state index in [1.54, 1.807) is 19.9 Å². The third kappa shape index (κ3) is 5.10. The Labute approximate surface area is 203 Å². The van der Waals surface area contributed by atoms with Crippen molar-refractivity contribution in [3.05, 3.63) is 47.0 Å². The summed E-state index contributed by atoms with van der Waals surface area (Å²) in [5, 5.41) is 16.0. The second-order valence-corrected chi connectivity index (χ2v) is 10.3. The number of nitrogens with zero attached hydrogens (tertiary/aromatic N) is 2. The van der Waals surface area contributed by atoms with Crippen molar-refractivity contribution in [2.45, 2.75) is 57.6 Å². The number of halogens is 1. The van der Waals surface area contributed by atoms with Crippen LogP contribution in [0.15, 0.2) is 30.6 Å². The fourth-order valence-electron chi connectivity index (χ4n) is 4.77. The third-order valence-corrected chi connectivity index (χ3v) is 6.91. The van der Waals surface area contributed by atoms with E-state index in [0.29, 0.717) is 37.3 Å². The van der Waals surface area contributed by atoms with Gasteiger partial charge < -0.3 is 25.6 Å². The van der Waals surface area contributed by atoms with Crippen LogP contribution in [0.3, 0.4) is 0 Å². The Morgan fingerprint density at radius 3 is 2.68 bits per heavy atom. The van der Waals surface area contributed by atoms with E-state index >= 15 is 0 Å². The highest BCUT2D eigenvalue weighted by Gasteiger charge is 2.48. The van der Waals surface area contributed by atoms with Gasteiger partial charge in [-0.15, -0.1) is 0 Å². The van der Waals surface area contributed by atoms with Gasteiger partial charge in [0, 0.05) is 29.8 Å². The molecule has 4 rings (SSSR count). The number of benzene rings is 1. The summed E-state index contributed by atoms with van der Waals surface area (Å²) in [7, 11) is 0. The fraction of sp³-hybridized carbons (Fsp3) is 0.500. The van der Waals surface area contributed by atoms with Gasteiger partial charge in [0.25, 0.3) is 11.8 Å². The van der Waals surface area contributed by atoms with E-state index in [1.165, 1.54) is 6.33 Å². The Hall–Kier alpha value is -2.91. The van der Waals surface area contributed by atoms with Crippen LogP contribution in [-0.2, 0) is 4.79 Å². The predicted octanol–water partition coefficient (Wildman–Crippen LogP) is 2.66. The maximum atomic E-state index is 13.3. The number of H-pyrrole nitrogens is 1. The van der Waals surface area contributed by atoms with Crippen molar-refractivity contribution in [1.29, 1.82) is 0 Å². The number of carbonyl (C=O) groups excluding carboxylic acids is 3. The molecular weight excluding hydrogens is 458 g/mol. The molecule has 2 fully saturated rings. The van der Waals surface area contributed by atoms with Gasteiger partial charge in [-0.2, -0.15) is 0 Å². The Balaban J connectivity index is 1.35. The number of aromatic amines is 1. The smallest absolute Gasteiger partial charge is 0.272 e. The summed E-state index contributed by atoms with van der Waals surface area (Å²) in [6.07, 6.45) is 4.80. The number of aromatic nitrogens is 2. The molecule has 2 heterocycles. The second-order valence-electron chi connectivity index (χ2n) is 9.84. The molecule has 0 unspecified atom stereocenters. The lowest BCUT2D eigenvalue weighted by molar-refractivity contribution is -0.127. The number of rotatable bonds is 6. The topological polar surface area (TPSA) is 127 Å². The van der Waals surface area contributed by atoms with E-state index in [1.807, 2.05) is 23.1 Å². The first-order valence-electron chi connectivity index (χ1n) is 11.5. The summed E-state index contributed by atoms with van der Waals surface area (Å²) in [4.78, 5) is 47.1. The molecule has 1 saturated carbocycles. The third-order valence-electron chi connectivity index (χ3n) is 6.67. The Morgan fingerprint density at radius 1 is 1.26 bits per heavy atom. The van der Waals surface area contributed by atoms with Gasteiger partial charge in [0.2, 0.25) is 5.91 Å². The van der Waals surface area contributed by atoms with Crippen molar-refractivity contribution in [1.82, 2.24) is 20.6 Å². The zero-order valence-corrected chi connectivity index (χ0v) is 20.1. The number of hydrogen-bond donors (Lipinski definition) is 4. The van der Waals surface area contributed by atoms with E-state index in [-0.39, 0.29) is 29.9 Å². The number of carbonyl (C=O) groups is 3. The molecule has 1 spiro atoms. The van der Waals surface area contributed by atoms with Crippen LogP contribution < -0.4 is 15.5 Å². The van der Waals surface area contributed by atoms with Crippen LogP contribution in [-0.4, -0.2) is 57.5 Å². The molecule has 1 aliphatic carbocycles. The highest BCUT2D eigenvalue weighted by molar-refractivity contribution is 6.31. The number of imidazole rings is 1. The molecule has 10 heteroatoms. The molecule has 2 aliphatic rings. The van der Waals surface area contributed by atoms with E-state index in [4.69, 9.17) is 11.6 Å². The summed E-state index contributed by atoms with van der Waals surface area (Å²) in [6.45, 7) is 3.85. The van der Waals surface area contributed by atoms with Crippen molar-refractivity contribution in [3.63, 3.8) is 0 Å². The first-order chi connectivity index (χ1) is 16.1. The molecule has 0 radical (unpaired) electrons. The Bertz CT molecular complexity index is 1090. The van der Waals surface area contributed by atoms with Crippen LogP contribution in [0, 0.1) is 5.41 Å². The quantitative estimate of drug-likeness (QED) is 0.498. The molecule has 1 aromatic carbocycles. The molecule has 2 aromatic rings. The van der Waals surface area contributed by atoms with Crippen molar-refractivity contribution in [2.24, 2.45) is 5.41 Å². The molecule has 182 valence electrons. The zero-order chi connectivity index (χ0) is 24.5. The maximum Gasteiger partial charge on any atom is 0.272 e. The Kier molecular flexibility index (Phi) is 6.69. The lowest BCUT2D eigenvalue weighted by Gasteiger charge is -2.36. The van der Waals surface area contributed by atoms with Crippen LogP contribution in [0.4, 0.5) is 5.69 Å². The van der Waals surface area contributed by atoms with Gasteiger partial charge in [0.15, 0.2) is 5.69 Å². The van der Waals surface area contributed by atoms with Crippen LogP contribution in [0.1, 0.15) is 66.9 Å². The number of anilines is 1. The standard InChI is InChI=1S/C24H30ClN5O4/c1-23(2,34)13-26-20(31)18-19(28-14-27-18)21(32)29-16-6-8-24(9-7-16)10-11-30(22(24)33)17-5-3-4-15(25)12-17/h3-5,12,14,16,34H,6-11,13H2,1-2H3,(H,26,31)(H,27,28)(H,29,32). The minimum Gasteiger partial charge on any atom is -0.389 e. The molecule has 4 N–H and O–H groups in total. The molecule has 1 aromatic heterocycles. The average Bonchev–Trinajstić information content (AvgIpc) is 3.39. The molecule has 1 saturated heterocycles. The van der Waals surface area contributed by atoms with Crippen LogP contribution in [0.5, 0.6) is 0 Å². The van der Waals surface area contributed by atoms with Crippen LogP contribution in [0.25, 0.3) is 0 Å². The van der Waals surface area contributed by atoms with Crippen LogP contribution in [0.2, 0.25) is 5.02 Å². The summed E-state index contributed by atoms with van der Waals surface area (Å²) in [5.41, 5.74) is -0.595. The highest BCUT2D eigenvalue weighted by Crippen LogP contribution is 2.46. The minimum atomic E-state index is -1.07. The zero-order valence-electron chi connectivity index (χ0n) is 19.4. The van der Waals surface area contributed by atoms with Crippen molar-refractivity contribution >= 4 is 35.0 Å². The first kappa shape index (κ1) is 24.2. The normalized spacial score (nSPS) is 22.8. The van der Waals surface area contributed by atoms with Gasteiger partial charge in [-0.1, -0.05) is 17.7 Å². The van der Waals surface area contributed by atoms with Crippen molar-refractivity contribution in [3.8, 4) is 0 Å². The first-order valence-corrected chi connectivity index (χ1v) is 11.9. The van der Waals surface area contributed by atoms with Gasteiger partial charge >= 0.3 is 0 Å². The average molecular weight is 488 g/mol. The summed E-state index contributed by atoms with van der Waals surface area (Å²) < 4.78 is 0. The molecule has 9 nitrogen and oxygen atoms in total. The number of hydrogen-bond acceptors (Lipinski definition) is 5. The van der Waals surface area contributed by atoms with Crippen molar-refractivity contribution in [2.75, 3.05) is 18.0 Å². The summed E-state index contributed by atoms with van der Waals surface area (Å²) in [5.74, 6) is -0.823. The van der Waals surface area contributed by atoms with E-state index in [2.05, 4.69) is 20.6 Å². The van der Waals surface area contributed by atoms with Gasteiger partial charge in [0.05, 0.1) is 17.3 Å². The van der Waals surface area contributed by atoms with E-state index < -0.39 is 22.8 Å². The number of aliphatic hydroxyl groups is 1. The molecule has 0 atom stereocenters. The molecular formula is C24H30ClN5O4. The Morgan fingerprint density at radius 2 is 2.00 bits per heavy atom. The maximum absolute atomic E-state index is 13.3. The minimum absolute atomic E-state index is 0.0117.